The van der Waals surface area contributed by atoms with Crippen molar-refractivity contribution in [3.05, 3.63) is 57.9 Å². The van der Waals surface area contributed by atoms with Gasteiger partial charge in [0.25, 0.3) is 0 Å². The fraction of sp³-hybridized carbons (Fsp3) is 0.500. The molecular formula is C22H28F3NO4S. The average molecular weight is 460 g/mol. The quantitative estimate of drug-likeness (QED) is 0.474. The van der Waals surface area contributed by atoms with Gasteiger partial charge in [0.2, 0.25) is 0 Å². The number of aliphatic hydroxyl groups is 1. The van der Waals surface area contributed by atoms with Crippen molar-refractivity contribution in [2.24, 2.45) is 17.8 Å². The molecule has 0 bridgehead atoms. The van der Waals surface area contributed by atoms with E-state index in [1.54, 1.807) is 0 Å². The van der Waals surface area contributed by atoms with Crippen molar-refractivity contribution < 1.29 is 31.4 Å². The Kier molecular flexibility index (Phi) is 7.62. The van der Waals surface area contributed by atoms with Crippen molar-refractivity contribution in [2.45, 2.75) is 52.1 Å². The van der Waals surface area contributed by atoms with Crippen LogP contribution in [0, 0.1) is 23.2 Å². The molecule has 9 heteroatoms. The minimum atomic E-state index is -4.85. The minimum absolute atomic E-state index is 0.0310. The Balaban J connectivity index is 2.31. The molecule has 0 saturated heterocycles. The molecule has 2 aliphatic rings. The smallest absolute Gasteiger partial charge is 0.508 e. The number of nitrogens with one attached hydrogen (secondary N) is 1. The summed E-state index contributed by atoms with van der Waals surface area (Å²) in [5, 5.41) is 17.1. The molecule has 31 heavy (non-hydrogen) atoms. The van der Waals surface area contributed by atoms with Crippen LogP contribution in [0.3, 0.4) is 0 Å². The lowest BCUT2D eigenvalue weighted by atomic mass is 9.80. The van der Waals surface area contributed by atoms with Gasteiger partial charge in [0.1, 0.15) is 11.5 Å². The van der Waals surface area contributed by atoms with E-state index in [2.05, 4.69) is 4.74 Å². The maximum atomic E-state index is 13.0. The van der Waals surface area contributed by atoms with Crippen LogP contribution in [0.15, 0.2) is 57.9 Å². The zero-order chi connectivity index (χ0) is 23.6. The first-order valence-electron chi connectivity index (χ1n) is 10.0. The van der Waals surface area contributed by atoms with Gasteiger partial charge in [-0.25, -0.2) is 8.42 Å². The third kappa shape index (κ3) is 6.12. The Morgan fingerprint density at radius 3 is 2.35 bits per heavy atom. The van der Waals surface area contributed by atoms with Crippen LogP contribution in [0.2, 0.25) is 0 Å². The van der Waals surface area contributed by atoms with E-state index in [1.165, 1.54) is 6.08 Å². The summed E-state index contributed by atoms with van der Waals surface area (Å²) in [6.45, 7) is 7.76. The van der Waals surface area contributed by atoms with E-state index in [0.717, 1.165) is 35.6 Å². The number of sulfone groups is 1. The Labute approximate surface area is 181 Å². The van der Waals surface area contributed by atoms with Crippen molar-refractivity contribution in [1.82, 2.24) is 0 Å². The van der Waals surface area contributed by atoms with Gasteiger partial charge in [-0.05, 0) is 48.0 Å². The predicted octanol–water partition coefficient (Wildman–Crippen LogP) is 5.75. The standard InChI is InChI=1S/C22H28F3NO4S/c1-13(2)19-10-15(11-20(14(3)4)21(19)27)9-18(12-26)31(28,29)17-7-5-16(6-8-17)30-22(23,24)25/h5-7,9-10,12-15,17,26-27H,8,11H2,1-4H3/b18-9+,26-12?. The molecule has 0 aromatic carbocycles. The molecule has 0 aromatic heterocycles. The van der Waals surface area contributed by atoms with Gasteiger partial charge in [-0.1, -0.05) is 45.9 Å². The van der Waals surface area contributed by atoms with Gasteiger partial charge in [-0.2, -0.15) is 0 Å². The lowest BCUT2D eigenvalue weighted by Gasteiger charge is -2.27. The topological polar surface area (TPSA) is 87.5 Å². The molecule has 5 nitrogen and oxygen atoms in total. The second-order valence-corrected chi connectivity index (χ2v) is 10.4. The normalized spacial score (nSPS) is 23.2. The lowest BCUT2D eigenvalue weighted by molar-refractivity contribution is -0.303. The molecule has 0 spiro atoms. The highest BCUT2D eigenvalue weighted by atomic mass is 32.2. The van der Waals surface area contributed by atoms with E-state index < -0.39 is 27.2 Å². The third-order valence-corrected chi connectivity index (χ3v) is 7.31. The number of ether oxygens (including phenoxy) is 1. The summed E-state index contributed by atoms with van der Waals surface area (Å²) in [7, 11) is -3.99. The van der Waals surface area contributed by atoms with Crippen LogP contribution in [-0.2, 0) is 14.6 Å². The SMILES string of the molecule is CC(C)C1=CC(/C=C(\C=N)S(=O)(=O)C2C=CC(OC(F)(F)F)=CC2)CC(C(C)C)=C1O. The second kappa shape index (κ2) is 9.46. The Morgan fingerprint density at radius 2 is 1.90 bits per heavy atom. The zero-order valence-corrected chi connectivity index (χ0v) is 18.7. The van der Waals surface area contributed by atoms with E-state index >= 15 is 0 Å². The first-order valence-corrected chi connectivity index (χ1v) is 11.5. The molecule has 0 heterocycles. The fourth-order valence-corrected chi connectivity index (χ4v) is 5.13. The summed E-state index contributed by atoms with van der Waals surface area (Å²) in [6.07, 6.45) is 2.65. The van der Waals surface area contributed by atoms with E-state index in [4.69, 9.17) is 5.41 Å². The van der Waals surface area contributed by atoms with Gasteiger partial charge < -0.3 is 15.3 Å². The summed E-state index contributed by atoms with van der Waals surface area (Å²) >= 11 is 0. The van der Waals surface area contributed by atoms with Crippen molar-refractivity contribution in [2.75, 3.05) is 0 Å². The Bertz CT molecular complexity index is 967. The summed E-state index contributed by atoms with van der Waals surface area (Å²) in [6, 6.07) is 0. The molecule has 0 radical (unpaired) electrons. The number of halogens is 3. The molecule has 0 aliphatic heterocycles. The van der Waals surface area contributed by atoms with E-state index in [0.29, 0.717) is 6.42 Å². The van der Waals surface area contributed by atoms with Crippen LogP contribution in [0.1, 0.15) is 40.5 Å². The van der Waals surface area contributed by atoms with Crippen LogP contribution >= 0.6 is 0 Å². The Hall–Kier alpha value is -2.29. The number of alkyl halides is 3. The highest BCUT2D eigenvalue weighted by molar-refractivity contribution is 7.96. The van der Waals surface area contributed by atoms with Crippen LogP contribution < -0.4 is 0 Å². The third-order valence-electron chi connectivity index (χ3n) is 5.25. The molecule has 0 saturated carbocycles. The first kappa shape index (κ1) is 25.0. The lowest BCUT2D eigenvalue weighted by Crippen LogP contribution is -2.24. The Morgan fingerprint density at radius 1 is 1.26 bits per heavy atom. The molecule has 2 N–H and O–H groups in total. The second-order valence-electron chi connectivity index (χ2n) is 8.22. The largest absolute Gasteiger partial charge is 0.573 e. The summed E-state index contributed by atoms with van der Waals surface area (Å²) in [5.41, 5.74) is 1.55. The summed E-state index contributed by atoms with van der Waals surface area (Å²) < 4.78 is 66.9. The number of rotatable bonds is 7. The zero-order valence-electron chi connectivity index (χ0n) is 17.9. The van der Waals surface area contributed by atoms with E-state index in [-0.39, 0.29) is 34.8 Å². The molecule has 2 atom stereocenters. The van der Waals surface area contributed by atoms with Gasteiger partial charge in [0.15, 0.2) is 9.84 Å². The van der Waals surface area contributed by atoms with Crippen LogP contribution in [0.5, 0.6) is 0 Å². The number of hydrogen-bond acceptors (Lipinski definition) is 5. The van der Waals surface area contributed by atoms with E-state index in [1.807, 2.05) is 33.8 Å². The van der Waals surface area contributed by atoms with Gasteiger partial charge in [-0.3, -0.25) is 0 Å². The average Bonchev–Trinajstić information content (AvgIpc) is 2.65. The highest BCUT2D eigenvalue weighted by Gasteiger charge is 2.34. The van der Waals surface area contributed by atoms with Gasteiger partial charge >= 0.3 is 6.36 Å². The number of aliphatic hydroxyl groups excluding tert-OH is 1. The molecule has 0 fully saturated rings. The van der Waals surface area contributed by atoms with Crippen molar-refractivity contribution in [3.63, 3.8) is 0 Å². The maximum Gasteiger partial charge on any atom is 0.573 e. The van der Waals surface area contributed by atoms with Gasteiger partial charge in [0.05, 0.1) is 10.2 Å². The number of hydrogen-bond donors (Lipinski definition) is 2. The van der Waals surface area contributed by atoms with Crippen LogP contribution in [0.4, 0.5) is 13.2 Å². The predicted molar refractivity (Wildman–Crippen MR) is 114 cm³/mol. The van der Waals surface area contributed by atoms with Crippen molar-refractivity contribution in [3.8, 4) is 0 Å². The monoisotopic (exact) mass is 459 g/mol. The maximum absolute atomic E-state index is 13.0. The molecule has 172 valence electrons. The molecule has 2 rings (SSSR count). The van der Waals surface area contributed by atoms with Crippen LogP contribution in [-0.4, -0.2) is 31.4 Å². The highest BCUT2D eigenvalue weighted by Crippen LogP contribution is 2.37. The fourth-order valence-electron chi connectivity index (χ4n) is 3.62. The van der Waals surface area contributed by atoms with Crippen molar-refractivity contribution >= 4 is 16.1 Å². The number of allylic oxidation sites excluding steroid dienone is 7. The van der Waals surface area contributed by atoms with Crippen LogP contribution in [0.25, 0.3) is 0 Å². The first-order chi connectivity index (χ1) is 14.3. The van der Waals surface area contributed by atoms with Gasteiger partial charge in [0, 0.05) is 12.1 Å². The summed E-state index contributed by atoms with van der Waals surface area (Å²) in [4.78, 5) is -0.204. The summed E-state index contributed by atoms with van der Waals surface area (Å²) in [5.74, 6) is -0.450. The molecular weight excluding hydrogens is 431 g/mol. The molecule has 0 aromatic rings. The van der Waals surface area contributed by atoms with Crippen molar-refractivity contribution in [1.29, 1.82) is 5.41 Å². The molecule has 2 aliphatic carbocycles. The minimum Gasteiger partial charge on any atom is -0.508 e. The van der Waals surface area contributed by atoms with Gasteiger partial charge in [-0.15, -0.1) is 13.2 Å². The van der Waals surface area contributed by atoms with E-state index in [9.17, 15) is 26.7 Å². The molecule has 0 amide bonds. The molecule has 2 unspecified atom stereocenters.